The summed E-state index contributed by atoms with van der Waals surface area (Å²) >= 11 is 0. The van der Waals surface area contributed by atoms with Crippen molar-refractivity contribution in [2.45, 2.75) is 40.5 Å². The summed E-state index contributed by atoms with van der Waals surface area (Å²) in [5.41, 5.74) is 1.16. The molecule has 0 aliphatic heterocycles. The quantitative estimate of drug-likeness (QED) is 0.748. The summed E-state index contributed by atoms with van der Waals surface area (Å²) in [4.78, 5) is 0. The van der Waals surface area contributed by atoms with Crippen molar-refractivity contribution in [3.63, 3.8) is 0 Å². The summed E-state index contributed by atoms with van der Waals surface area (Å²) in [7, 11) is 0. The average molecular weight is 199 g/mol. The lowest BCUT2D eigenvalue weighted by molar-refractivity contribution is 0.231. The van der Waals surface area contributed by atoms with Crippen LogP contribution < -0.4 is 5.32 Å². The van der Waals surface area contributed by atoms with Gasteiger partial charge in [0.25, 0.3) is 0 Å². The Bertz CT molecular complexity index is 178. The first-order chi connectivity index (χ1) is 6.88. The van der Waals surface area contributed by atoms with Gasteiger partial charge in [0, 0.05) is 7.97 Å². The molecule has 1 rings (SSSR count). The van der Waals surface area contributed by atoms with Crippen molar-refractivity contribution in [3.05, 3.63) is 23.6 Å². The van der Waals surface area contributed by atoms with Crippen LogP contribution in [-0.4, -0.2) is 13.2 Å². The zero-order valence-corrected chi connectivity index (χ0v) is 9.89. The van der Waals surface area contributed by atoms with Crippen molar-refractivity contribution in [1.29, 1.82) is 0 Å². The smallest absolute Gasteiger partial charge is 0.138 e. The molecule has 0 aromatic rings. The molecule has 14 heavy (non-hydrogen) atoms. The summed E-state index contributed by atoms with van der Waals surface area (Å²) in [6.07, 6.45) is 6.58. The van der Waals surface area contributed by atoms with E-state index in [-0.39, 0.29) is 1.43 Å². The zero-order chi connectivity index (χ0) is 10.8. The van der Waals surface area contributed by atoms with Gasteiger partial charge in [-0.05, 0) is 32.8 Å². The maximum atomic E-state index is 5.48. The highest BCUT2D eigenvalue weighted by Gasteiger charge is 2.07. The zero-order valence-electron chi connectivity index (χ0n) is 9.89. The molecule has 84 valence electrons. The second kappa shape index (κ2) is 8.67. The molecule has 0 aromatic heterocycles. The standard InChI is InChI=1S/C10H17NO.C2H6.H2/c1-3-11-9-7-5-6-8-10(9)12-4-2;1-2;/h7-8,11H,3-6H2,1-2H3;1-2H3;1H. The third kappa shape index (κ3) is 4.35. The fourth-order valence-corrected chi connectivity index (χ4v) is 1.29. The lowest BCUT2D eigenvalue weighted by Gasteiger charge is -2.16. The SMILES string of the molecule is CC.CCNC1=CCCC=C1OCC.[HH]. The van der Waals surface area contributed by atoms with Crippen LogP contribution in [0.5, 0.6) is 0 Å². The number of hydrogen-bond donors (Lipinski definition) is 1. The van der Waals surface area contributed by atoms with Crippen LogP contribution in [-0.2, 0) is 4.74 Å². The van der Waals surface area contributed by atoms with Crippen molar-refractivity contribution < 1.29 is 6.16 Å². The highest BCUT2D eigenvalue weighted by Crippen LogP contribution is 2.17. The van der Waals surface area contributed by atoms with Gasteiger partial charge < -0.3 is 10.1 Å². The molecular weight excluding hydrogens is 174 g/mol. The van der Waals surface area contributed by atoms with E-state index in [1.807, 2.05) is 20.8 Å². The topological polar surface area (TPSA) is 21.3 Å². The Morgan fingerprint density at radius 2 is 1.93 bits per heavy atom. The van der Waals surface area contributed by atoms with E-state index in [1.165, 1.54) is 0 Å². The molecule has 0 atom stereocenters. The number of allylic oxidation sites excluding steroid dienone is 2. The second-order valence-corrected chi connectivity index (χ2v) is 2.73. The number of hydrogen-bond acceptors (Lipinski definition) is 2. The minimum atomic E-state index is 0. The van der Waals surface area contributed by atoms with Crippen LogP contribution in [0.15, 0.2) is 23.6 Å². The maximum absolute atomic E-state index is 5.48. The molecule has 2 heteroatoms. The monoisotopic (exact) mass is 199 g/mol. The van der Waals surface area contributed by atoms with E-state index in [0.717, 1.165) is 37.4 Å². The van der Waals surface area contributed by atoms with Gasteiger partial charge in [0.15, 0.2) is 0 Å². The molecule has 1 aliphatic carbocycles. The van der Waals surface area contributed by atoms with Crippen molar-refractivity contribution in [1.82, 2.24) is 5.32 Å². The van der Waals surface area contributed by atoms with Crippen molar-refractivity contribution in [2.24, 2.45) is 0 Å². The van der Waals surface area contributed by atoms with E-state index in [1.54, 1.807) is 0 Å². The van der Waals surface area contributed by atoms with Gasteiger partial charge in [-0.1, -0.05) is 19.9 Å². The molecular formula is C12H25NO. The predicted octanol–water partition coefficient (Wildman–Crippen LogP) is 3.47. The minimum Gasteiger partial charge on any atom is -0.492 e. The Kier molecular flexibility index (Phi) is 8.10. The molecule has 0 spiro atoms. The van der Waals surface area contributed by atoms with Crippen molar-refractivity contribution in [2.75, 3.05) is 13.2 Å². The summed E-state index contributed by atoms with van der Waals surface area (Å²) in [6, 6.07) is 0. The fourth-order valence-electron chi connectivity index (χ4n) is 1.29. The number of rotatable bonds is 4. The third-order valence-electron chi connectivity index (χ3n) is 1.78. The van der Waals surface area contributed by atoms with Crippen LogP contribution in [0, 0.1) is 0 Å². The van der Waals surface area contributed by atoms with E-state index in [4.69, 9.17) is 4.74 Å². The molecule has 0 saturated carbocycles. The second-order valence-electron chi connectivity index (χ2n) is 2.73. The molecule has 0 heterocycles. The Hall–Kier alpha value is -0.920. The lowest BCUT2D eigenvalue weighted by atomic mass is 10.1. The van der Waals surface area contributed by atoms with Crippen LogP contribution in [0.2, 0.25) is 0 Å². The number of ether oxygens (including phenoxy) is 1. The summed E-state index contributed by atoms with van der Waals surface area (Å²) in [5, 5.41) is 3.29. The highest BCUT2D eigenvalue weighted by atomic mass is 16.5. The Labute approximate surface area is 89.5 Å². The Morgan fingerprint density at radius 3 is 2.50 bits per heavy atom. The van der Waals surface area contributed by atoms with Crippen LogP contribution in [0.25, 0.3) is 0 Å². The first-order valence-electron chi connectivity index (χ1n) is 5.65. The number of likely N-dealkylation sites (N-methyl/N-ethyl adjacent to an activating group) is 1. The van der Waals surface area contributed by atoms with Gasteiger partial charge in [-0.2, -0.15) is 0 Å². The third-order valence-corrected chi connectivity index (χ3v) is 1.78. The van der Waals surface area contributed by atoms with Gasteiger partial charge in [-0.15, -0.1) is 0 Å². The van der Waals surface area contributed by atoms with Crippen LogP contribution >= 0.6 is 0 Å². The van der Waals surface area contributed by atoms with E-state index >= 15 is 0 Å². The van der Waals surface area contributed by atoms with E-state index in [0.29, 0.717) is 0 Å². The minimum absolute atomic E-state index is 0. The molecule has 2 nitrogen and oxygen atoms in total. The highest BCUT2D eigenvalue weighted by molar-refractivity contribution is 5.27. The van der Waals surface area contributed by atoms with Gasteiger partial charge in [0.1, 0.15) is 5.76 Å². The Morgan fingerprint density at radius 1 is 1.29 bits per heavy atom. The van der Waals surface area contributed by atoms with Gasteiger partial charge in [-0.25, -0.2) is 0 Å². The van der Waals surface area contributed by atoms with Gasteiger partial charge in [-0.3, -0.25) is 0 Å². The van der Waals surface area contributed by atoms with Crippen LogP contribution in [0.1, 0.15) is 42.0 Å². The molecule has 0 fully saturated rings. The maximum Gasteiger partial charge on any atom is 0.138 e. The summed E-state index contributed by atoms with van der Waals surface area (Å²) in [5.74, 6) is 1.02. The molecule has 1 N–H and O–H groups in total. The van der Waals surface area contributed by atoms with Crippen LogP contribution in [0.4, 0.5) is 0 Å². The Balaban J connectivity index is 0. The molecule has 0 aromatic carbocycles. The molecule has 0 bridgehead atoms. The van der Waals surface area contributed by atoms with Gasteiger partial charge in [0.2, 0.25) is 0 Å². The molecule has 1 aliphatic rings. The van der Waals surface area contributed by atoms with E-state index in [9.17, 15) is 0 Å². The van der Waals surface area contributed by atoms with Gasteiger partial charge >= 0.3 is 0 Å². The first-order valence-corrected chi connectivity index (χ1v) is 5.65. The molecule has 0 radical (unpaired) electrons. The molecule has 0 unspecified atom stereocenters. The number of nitrogens with one attached hydrogen (secondary N) is 1. The summed E-state index contributed by atoms with van der Waals surface area (Å²) in [6.45, 7) is 9.81. The lowest BCUT2D eigenvalue weighted by Crippen LogP contribution is -2.17. The average Bonchev–Trinajstić information content (AvgIpc) is 2.25. The largest absolute Gasteiger partial charge is 0.492 e. The van der Waals surface area contributed by atoms with Gasteiger partial charge in [0.05, 0.1) is 12.3 Å². The van der Waals surface area contributed by atoms with Crippen molar-refractivity contribution in [3.8, 4) is 0 Å². The predicted molar refractivity (Wildman–Crippen MR) is 64.2 cm³/mol. The summed E-state index contributed by atoms with van der Waals surface area (Å²) < 4.78 is 5.48. The van der Waals surface area contributed by atoms with Crippen LogP contribution in [0.3, 0.4) is 0 Å². The van der Waals surface area contributed by atoms with E-state index < -0.39 is 0 Å². The van der Waals surface area contributed by atoms with E-state index in [2.05, 4.69) is 24.4 Å². The van der Waals surface area contributed by atoms with Crippen molar-refractivity contribution >= 4 is 0 Å². The first kappa shape index (κ1) is 13.1. The molecule has 0 amide bonds. The molecule has 0 saturated heterocycles. The fraction of sp³-hybridized carbons (Fsp3) is 0.667. The normalized spacial score (nSPS) is 14.6.